The molecular formula is C15H24N4O. The minimum atomic E-state index is -0.595. The molecule has 0 radical (unpaired) electrons. The van der Waals surface area contributed by atoms with E-state index in [9.17, 15) is 4.79 Å². The highest BCUT2D eigenvalue weighted by atomic mass is 16.2. The fourth-order valence-corrected chi connectivity index (χ4v) is 2.46. The molecule has 1 heterocycles. The molecule has 1 saturated heterocycles. The third kappa shape index (κ3) is 3.79. The number of nitrogens with zero attached hydrogens (tertiary/aromatic N) is 2. The number of hydrogen-bond donors (Lipinski definition) is 2. The summed E-state index contributed by atoms with van der Waals surface area (Å²) in [5.74, 6) is -0.113. The Morgan fingerprint density at radius 1 is 1.35 bits per heavy atom. The first kappa shape index (κ1) is 15.0. The Balaban J connectivity index is 1.85. The molecule has 2 rings (SSSR count). The summed E-state index contributed by atoms with van der Waals surface area (Å²) in [5.41, 5.74) is 6.83. The van der Waals surface area contributed by atoms with E-state index in [1.807, 2.05) is 30.3 Å². The highest BCUT2D eigenvalue weighted by Crippen LogP contribution is 2.10. The molecule has 2 atom stereocenters. The van der Waals surface area contributed by atoms with Crippen molar-refractivity contribution < 1.29 is 4.79 Å². The Morgan fingerprint density at radius 2 is 2.05 bits per heavy atom. The van der Waals surface area contributed by atoms with Gasteiger partial charge in [-0.25, -0.2) is 0 Å². The second-order valence-electron chi connectivity index (χ2n) is 5.53. The monoisotopic (exact) mass is 276 g/mol. The van der Waals surface area contributed by atoms with Gasteiger partial charge in [-0.15, -0.1) is 0 Å². The minimum absolute atomic E-state index is 0.113. The fourth-order valence-electron chi connectivity index (χ4n) is 2.46. The zero-order chi connectivity index (χ0) is 14.5. The summed E-state index contributed by atoms with van der Waals surface area (Å²) < 4.78 is 0. The van der Waals surface area contributed by atoms with Crippen LogP contribution < -0.4 is 11.1 Å². The molecule has 5 heteroatoms. The van der Waals surface area contributed by atoms with E-state index in [0.29, 0.717) is 12.6 Å². The van der Waals surface area contributed by atoms with Gasteiger partial charge in [-0.2, -0.15) is 0 Å². The molecule has 1 aliphatic heterocycles. The van der Waals surface area contributed by atoms with Gasteiger partial charge in [0.15, 0.2) is 0 Å². The first-order valence-electron chi connectivity index (χ1n) is 7.05. The lowest BCUT2D eigenvalue weighted by Gasteiger charge is -2.37. The van der Waals surface area contributed by atoms with E-state index in [0.717, 1.165) is 25.2 Å². The molecule has 1 fully saturated rings. The summed E-state index contributed by atoms with van der Waals surface area (Å²) >= 11 is 0. The molecule has 1 aromatic rings. The Hall–Kier alpha value is -1.43. The van der Waals surface area contributed by atoms with Gasteiger partial charge in [-0.3, -0.25) is 9.69 Å². The Kier molecular flexibility index (Phi) is 5.11. The van der Waals surface area contributed by atoms with Crippen LogP contribution in [0.15, 0.2) is 30.3 Å². The summed E-state index contributed by atoms with van der Waals surface area (Å²) in [6.45, 7) is 3.71. The average Bonchev–Trinajstić information content (AvgIpc) is 2.48. The van der Waals surface area contributed by atoms with Crippen molar-refractivity contribution in [3.05, 3.63) is 35.9 Å². The van der Waals surface area contributed by atoms with E-state index in [-0.39, 0.29) is 5.91 Å². The zero-order valence-corrected chi connectivity index (χ0v) is 12.2. The third-order valence-electron chi connectivity index (χ3n) is 3.93. The Labute approximate surface area is 120 Å². The van der Waals surface area contributed by atoms with Crippen LogP contribution in [0.4, 0.5) is 0 Å². The first-order chi connectivity index (χ1) is 9.58. The van der Waals surface area contributed by atoms with Crippen LogP contribution in [0.1, 0.15) is 11.6 Å². The number of rotatable bonds is 4. The van der Waals surface area contributed by atoms with Gasteiger partial charge in [0, 0.05) is 32.2 Å². The van der Waals surface area contributed by atoms with E-state index >= 15 is 0 Å². The van der Waals surface area contributed by atoms with Crippen LogP contribution in [0, 0.1) is 0 Å². The number of benzene rings is 1. The third-order valence-corrected chi connectivity index (χ3v) is 3.93. The maximum absolute atomic E-state index is 12.1. The minimum Gasteiger partial charge on any atom is -0.353 e. The van der Waals surface area contributed by atoms with Gasteiger partial charge in [-0.05, 0) is 19.7 Å². The smallest absolute Gasteiger partial charge is 0.241 e. The van der Waals surface area contributed by atoms with Crippen molar-refractivity contribution in [3.8, 4) is 0 Å². The summed E-state index contributed by atoms with van der Waals surface area (Å²) in [6, 6.07) is 9.22. The van der Waals surface area contributed by atoms with Crippen LogP contribution in [-0.2, 0) is 4.79 Å². The van der Waals surface area contributed by atoms with Crippen molar-refractivity contribution in [1.82, 2.24) is 15.1 Å². The highest BCUT2D eigenvalue weighted by molar-refractivity contribution is 5.82. The van der Waals surface area contributed by atoms with Crippen molar-refractivity contribution in [3.63, 3.8) is 0 Å². The summed E-state index contributed by atoms with van der Waals surface area (Å²) in [5, 5.41) is 2.97. The number of nitrogens with two attached hydrogens (primary N) is 1. The number of hydrogen-bond acceptors (Lipinski definition) is 4. The molecule has 3 N–H and O–H groups in total. The number of carbonyl (C=O) groups excluding carboxylic acids is 1. The predicted octanol–water partition coefficient (Wildman–Crippen LogP) is 0.0484. The van der Waals surface area contributed by atoms with Crippen LogP contribution >= 0.6 is 0 Å². The topological polar surface area (TPSA) is 61.6 Å². The molecule has 5 nitrogen and oxygen atoms in total. The van der Waals surface area contributed by atoms with Gasteiger partial charge in [0.25, 0.3) is 0 Å². The molecule has 20 heavy (non-hydrogen) atoms. The van der Waals surface area contributed by atoms with Gasteiger partial charge in [-0.1, -0.05) is 30.3 Å². The SMILES string of the molecule is CN1CCN(C)C(CNC(=O)[C@@H](N)c2ccccc2)C1. The van der Waals surface area contributed by atoms with Gasteiger partial charge in [0.05, 0.1) is 0 Å². The van der Waals surface area contributed by atoms with Gasteiger partial charge < -0.3 is 16.0 Å². The fraction of sp³-hybridized carbons (Fsp3) is 0.533. The maximum atomic E-state index is 12.1. The van der Waals surface area contributed by atoms with Crippen LogP contribution in [0.5, 0.6) is 0 Å². The van der Waals surface area contributed by atoms with Crippen LogP contribution in [0.2, 0.25) is 0 Å². The zero-order valence-electron chi connectivity index (χ0n) is 12.2. The largest absolute Gasteiger partial charge is 0.353 e. The number of amides is 1. The lowest BCUT2D eigenvalue weighted by Crippen LogP contribution is -2.54. The van der Waals surface area contributed by atoms with Gasteiger partial charge in [0.2, 0.25) is 5.91 Å². The molecule has 0 aromatic heterocycles. The van der Waals surface area contributed by atoms with Crippen LogP contribution in [0.25, 0.3) is 0 Å². The van der Waals surface area contributed by atoms with Crippen molar-refractivity contribution in [1.29, 1.82) is 0 Å². The summed E-state index contributed by atoms with van der Waals surface area (Å²) in [6.07, 6.45) is 0. The van der Waals surface area contributed by atoms with Gasteiger partial charge in [0.1, 0.15) is 6.04 Å². The second-order valence-corrected chi connectivity index (χ2v) is 5.53. The van der Waals surface area contributed by atoms with Gasteiger partial charge >= 0.3 is 0 Å². The number of likely N-dealkylation sites (N-methyl/N-ethyl adjacent to an activating group) is 2. The Morgan fingerprint density at radius 3 is 2.75 bits per heavy atom. The molecule has 1 unspecified atom stereocenters. The molecular weight excluding hydrogens is 252 g/mol. The van der Waals surface area contributed by atoms with E-state index < -0.39 is 6.04 Å². The first-order valence-corrected chi connectivity index (χ1v) is 7.05. The quantitative estimate of drug-likeness (QED) is 0.816. The van der Waals surface area contributed by atoms with E-state index in [1.54, 1.807) is 0 Å². The molecule has 0 bridgehead atoms. The van der Waals surface area contributed by atoms with E-state index in [2.05, 4.69) is 29.2 Å². The standard InChI is InChI=1S/C15H24N4O/c1-18-8-9-19(2)13(11-18)10-17-15(20)14(16)12-6-4-3-5-7-12/h3-7,13-14H,8-11,16H2,1-2H3,(H,17,20)/t13?,14-/m0/s1. The average molecular weight is 276 g/mol. The molecule has 0 spiro atoms. The molecule has 110 valence electrons. The highest BCUT2D eigenvalue weighted by Gasteiger charge is 2.23. The molecule has 1 amide bonds. The number of nitrogens with one attached hydrogen (secondary N) is 1. The normalized spacial score (nSPS) is 22.4. The van der Waals surface area contributed by atoms with Crippen molar-refractivity contribution in [2.24, 2.45) is 5.73 Å². The van der Waals surface area contributed by atoms with Crippen molar-refractivity contribution in [2.45, 2.75) is 12.1 Å². The van der Waals surface area contributed by atoms with Crippen LogP contribution in [0.3, 0.4) is 0 Å². The second kappa shape index (κ2) is 6.83. The predicted molar refractivity (Wildman–Crippen MR) is 80.3 cm³/mol. The number of piperazine rings is 1. The molecule has 0 aliphatic carbocycles. The Bertz CT molecular complexity index is 437. The number of carbonyl (C=O) groups is 1. The summed E-state index contributed by atoms with van der Waals surface area (Å²) in [4.78, 5) is 16.7. The van der Waals surface area contributed by atoms with E-state index in [1.165, 1.54) is 0 Å². The lowest BCUT2D eigenvalue weighted by molar-refractivity contribution is -0.122. The molecule has 1 aromatic carbocycles. The maximum Gasteiger partial charge on any atom is 0.241 e. The van der Waals surface area contributed by atoms with Crippen molar-refractivity contribution in [2.75, 3.05) is 40.3 Å². The molecule has 0 saturated carbocycles. The summed E-state index contributed by atoms with van der Waals surface area (Å²) in [7, 11) is 4.21. The van der Waals surface area contributed by atoms with E-state index in [4.69, 9.17) is 5.73 Å². The molecule has 1 aliphatic rings. The van der Waals surface area contributed by atoms with Crippen LogP contribution in [-0.4, -0.2) is 62.0 Å². The van der Waals surface area contributed by atoms with Crippen molar-refractivity contribution >= 4 is 5.91 Å². The lowest BCUT2D eigenvalue weighted by atomic mass is 10.1.